The van der Waals surface area contributed by atoms with Crippen molar-refractivity contribution in [1.82, 2.24) is 5.32 Å². The third-order valence-corrected chi connectivity index (χ3v) is 2.37. The number of hydrogen-bond acceptors (Lipinski definition) is 3. The zero-order chi connectivity index (χ0) is 13.4. The number of aliphatic carboxylic acids is 1. The number of likely N-dealkylation sites (N-methyl/N-ethyl adjacent to an activating group) is 1. The maximum absolute atomic E-state index is 10.7. The Bertz CT molecular complexity index is 456. The van der Waals surface area contributed by atoms with Gasteiger partial charge >= 0.3 is 5.97 Å². The van der Waals surface area contributed by atoms with Crippen LogP contribution in [0, 0.1) is 0 Å². The monoisotopic (exact) mass is 267 g/mol. The Balaban J connectivity index is 0.000000225. The predicted molar refractivity (Wildman–Crippen MR) is 69.6 cm³/mol. The molecule has 0 saturated heterocycles. The Morgan fingerprint density at radius 3 is 2.28 bits per heavy atom. The maximum atomic E-state index is 10.7. The second-order valence-corrected chi connectivity index (χ2v) is 3.76. The van der Waals surface area contributed by atoms with Gasteiger partial charge in [-0.2, -0.15) is 0 Å². The maximum Gasteiger partial charge on any atom is 0.325 e. The minimum absolute atomic E-state index is 0.440. The Hall–Kier alpha value is -1.78. The highest BCUT2D eigenvalue weighted by molar-refractivity contribution is 6.28. The van der Waals surface area contributed by atoms with Crippen molar-refractivity contribution in [1.29, 1.82) is 0 Å². The van der Waals surface area contributed by atoms with E-state index in [1.165, 1.54) is 6.26 Å². The smallest absolute Gasteiger partial charge is 0.325 e. The number of carbonyl (C=O) groups is 1. The van der Waals surface area contributed by atoms with Gasteiger partial charge in [-0.25, -0.2) is 0 Å². The van der Waals surface area contributed by atoms with Crippen molar-refractivity contribution in [2.24, 2.45) is 0 Å². The van der Waals surface area contributed by atoms with Gasteiger partial charge in [0.2, 0.25) is 0 Å². The predicted octanol–water partition coefficient (Wildman–Crippen LogP) is 2.96. The molecule has 0 fully saturated rings. The number of nitrogens with one attached hydrogen (secondary N) is 1. The topological polar surface area (TPSA) is 62.5 Å². The molecule has 2 rings (SSSR count). The molecular formula is C13H14ClNO3. The molecule has 1 heterocycles. The minimum atomic E-state index is -0.858. The lowest BCUT2D eigenvalue weighted by atomic mass is 10.1. The van der Waals surface area contributed by atoms with Crippen LogP contribution < -0.4 is 5.32 Å². The molecule has 0 bridgehead atoms. The van der Waals surface area contributed by atoms with Gasteiger partial charge in [0.15, 0.2) is 5.22 Å². The summed E-state index contributed by atoms with van der Waals surface area (Å²) >= 11 is 5.29. The lowest BCUT2D eigenvalue weighted by Crippen LogP contribution is -2.24. The van der Waals surface area contributed by atoms with Crippen LogP contribution in [-0.2, 0) is 4.79 Å². The van der Waals surface area contributed by atoms with Gasteiger partial charge < -0.3 is 14.8 Å². The second kappa shape index (κ2) is 7.53. The van der Waals surface area contributed by atoms with Crippen LogP contribution in [0.2, 0.25) is 5.22 Å². The molecule has 0 aliphatic carbocycles. The molecule has 18 heavy (non-hydrogen) atoms. The molecule has 1 aromatic carbocycles. The lowest BCUT2D eigenvalue weighted by Gasteiger charge is -2.10. The first-order valence-electron chi connectivity index (χ1n) is 5.29. The van der Waals surface area contributed by atoms with Crippen molar-refractivity contribution < 1.29 is 14.3 Å². The molecule has 0 spiro atoms. The van der Waals surface area contributed by atoms with E-state index in [2.05, 4.69) is 9.73 Å². The highest BCUT2D eigenvalue weighted by atomic mass is 35.5. The molecule has 2 aromatic rings. The van der Waals surface area contributed by atoms with Crippen molar-refractivity contribution in [2.75, 3.05) is 7.05 Å². The highest BCUT2D eigenvalue weighted by Crippen LogP contribution is 2.11. The van der Waals surface area contributed by atoms with E-state index in [1.54, 1.807) is 31.3 Å². The fourth-order valence-electron chi connectivity index (χ4n) is 1.34. The average molecular weight is 268 g/mol. The fourth-order valence-corrected chi connectivity index (χ4v) is 1.46. The molecule has 5 heteroatoms. The molecule has 4 nitrogen and oxygen atoms in total. The summed E-state index contributed by atoms with van der Waals surface area (Å²) in [6.07, 6.45) is 1.53. The van der Waals surface area contributed by atoms with E-state index in [0.717, 1.165) is 5.56 Å². The molecule has 0 aliphatic rings. The SMILES string of the molecule is CNC(C(=O)O)c1ccccc1.Clc1ccco1. The van der Waals surface area contributed by atoms with Gasteiger partial charge in [-0.05, 0) is 36.3 Å². The second-order valence-electron chi connectivity index (χ2n) is 3.39. The molecule has 0 aliphatic heterocycles. The standard InChI is InChI=1S/C9H11NO2.C4H3ClO/c1-10-8(9(11)12)7-5-3-2-4-6-7;5-4-2-1-3-6-4/h2-6,8,10H,1H3,(H,11,12);1-3H. The number of rotatable bonds is 3. The van der Waals surface area contributed by atoms with E-state index < -0.39 is 12.0 Å². The van der Waals surface area contributed by atoms with Gasteiger partial charge in [0, 0.05) is 0 Å². The summed E-state index contributed by atoms with van der Waals surface area (Å²) in [5.74, 6) is -0.858. The summed E-state index contributed by atoms with van der Waals surface area (Å²) in [4.78, 5) is 10.7. The Morgan fingerprint density at radius 1 is 1.28 bits per heavy atom. The number of carboxylic acids is 1. The molecule has 0 amide bonds. The molecular weight excluding hydrogens is 254 g/mol. The van der Waals surface area contributed by atoms with E-state index in [1.807, 2.05) is 18.2 Å². The number of halogens is 1. The summed E-state index contributed by atoms with van der Waals surface area (Å²) in [6.45, 7) is 0. The minimum Gasteiger partial charge on any atom is -0.480 e. The van der Waals surface area contributed by atoms with Crippen LogP contribution in [0.3, 0.4) is 0 Å². The van der Waals surface area contributed by atoms with Crippen LogP contribution >= 0.6 is 11.6 Å². The molecule has 1 unspecified atom stereocenters. The first-order chi connectivity index (χ1) is 8.65. The van der Waals surface area contributed by atoms with Crippen molar-refractivity contribution in [3.05, 3.63) is 59.5 Å². The van der Waals surface area contributed by atoms with Gasteiger partial charge in [-0.3, -0.25) is 4.79 Å². The zero-order valence-corrected chi connectivity index (χ0v) is 10.6. The Kier molecular flexibility index (Phi) is 5.97. The summed E-state index contributed by atoms with van der Waals surface area (Å²) in [6, 6.07) is 11.9. The van der Waals surface area contributed by atoms with Gasteiger partial charge in [0.05, 0.1) is 6.26 Å². The first kappa shape index (κ1) is 14.3. The number of furan rings is 1. The van der Waals surface area contributed by atoms with Crippen LogP contribution in [-0.4, -0.2) is 18.1 Å². The lowest BCUT2D eigenvalue weighted by molar-refractivity contribution is -0.139. The van der Waals surface area contributed by atoms with E-state index >= 15 is 0 Å². The van der Waals surface area contributed by atoms with E-state index in [4.69, 9.17) is 16.7 Å². The van der Waals surface area contributed by atoms with Gasteiger partial charge in [-0.1, -0.05) is 30.3 Å². The fraction of sp³-hybridized carbons (Fsp3) is 0.154. The summed E-state index contributed by atoms with van der Waals surface area (Å²) in [5, 5.41) is 11.9. The Morgan fingerprint density at radius 2 is 1.94 bits per heavy atom. The van der Waals surface area contributed by atoms with E-state index in [-0.39, 0.29) is 0 Å². The van der Waals surface area contributed by atoms with Gasteiger partial charge in [0.25, 0.3) is 0 Å². The molecule has 2 N–H and O–H groups in total. The highest BCUT2D eigenvalue weighted by Gasteiger charge is 2.15. The zero-order valence-electron chi connectivity index (χ0n) is 9.84. The van der Waals surface area contributed by atoms with Crippen molar-refractivity contribution >= 4 is 17.6 Å². The van der Waals surface area contributed by atoms with E-state index in [0.29, 0.717) is 5.22 Å². The van der Waals surface area contributed by atoms with E-state index in [9.17, 15) is 4.79 Å². The van der Waals surface area contributed by atoms with Crippen LogP contribution in [0.25, 0.3) is 0 Å². The van der Waals surface area contributed by atoms with Crippen molar-refractivity contribution in [3.8, 4) is 0 Å². The van der Waals surface area contributed by atoms with Crippen LogP contribution in [0.15, 0.2) is 53.1 Å². The van der Waals surface area contributed by atoms with Crippen LogP contribution in [0.5, 0.6) is 0 Å². The molecule has 0 radical (unpaired) electrons. The first-order valence-corrected chi connectivity index (χ1v) is 5.67. The number of benzene rings is 1. The molecule has 0 saturated carbocycles. The molecule has 1 atom stereocenters. The van der Waals surface area contributed by atoms with Crippen molar-refractivity contribution in [3.63, 3.8) is 0 Å². The number of hydrogen-bond donors (Lipinski definition) is 2. The van der Waals surface area contributed by atoms with Crippen LogP contribution in [0.4, 0.5) is 0 Å². The van der Waals surface area contributed by atoms with Crippen LogP contribution in [0.1, 0.15) is 11.6 Å². The summed E-state index contributed by atoms with van der Waals surface area (Å²) in [7, 11) is 1.63. The Labute approximate surface area is 110 Å². The van der Waals surface area contributed by atoms with Crippen molar-refractivity contribution in [2.45, 2.75) is 6.04 Å². The van der Waals surface area contributed by atoms with Gasteiger partial charge in [0.1, 0.15) is 6.04 Å². The third kappa shape index (κ3) is 4.61. The summed E-state index contributed by atoms with van der Waals surface area (Å²) in [5.41, 5.74) is 0.771. The number of carboxylic acid groups (broad SMARTS) is 1. The third-order valence-electron chi connectivity index (χ3n) is 2.15. The van der Waals surface area contributed by atoms with Gasteiger partial charge in [-0.15, -0.1) is 0 Å². The average Bonchev–Trinajstić information content (AvgIpc) is 2.83. The molecule has 1 aromatic heterocycles. The normalized spacial score (nSPS) is 11.2. The summed E-state index contributed by atoms with van der Waals surface area (Å²) < 4.78 is 4.60. The molecule has 96 valence electrons. The largest absolute Gasteiger partial charge is 0.480 e. The quantitative estimate of drug-likeness (QED) is 0.897.